The summed E-state index contributed by atoms with van der Waals surface area (Å²) < 4.78 is 26.8. The summed E-state index contributed by atoms with van der Waals surface area (Å²) in [7, 11) is 0. The van der Waals surface area contributed by atoms with Crippen LogP contribution in [0.25, 0.3) is 0 Å². The largest absolute Gasteiger partial charge is 0.355 e. The zero-order valence-corrected chi connectivity index (χ0v) is 11.2. The van der Waals surface area contributed by atoms with Crippen LogP contribution in [0.1, 0.15) is 32.8 Å². The standard InChI is InChI=1S/C14H17F2NO2/c1-9(18)6-13(19)17-8-14(2,3)11-7-10(15)4-5-12(11)16/h4-5,7H,6,8H2,1-3H3,(H,17,19). The van der Waals surface area contributed by atoms with Gasteiger partial charge in [-0.3, -0.25) is 9.59 Å². The molecule has 0 heterocycles. The van der Waals surface area contributed by atoms with Crippen LogP contribution in [-0.4, -0.2) is 18.2 Å². The van der Waals surface area contributed by atoms with Gasteiger partial charge in [0.1, 0.15) is 17.4 Å². The van der Waals surface area contributed by atoms with E-state index in [1.54, 1.807) is 13.8 Å². The van der Waals surface area contributed by atoms with Gasteiger partial charge in [-0.15, -0.1) is 0 Å². The van der Waals surface area contributed by atoms with Gasteiger partial charge >= 0.3 is 0 Å². The first kappa shape index (κ1) is 15.3. The molecule has 0 aliphatic carbocycles. The first-order chi connectivity index (χ1) is 8.72. The van der Waals surface area contributed by atoms with Crippen molar-refractivity contribution in [3.05, 3.63) is 35.4 Å². The topological polar surface area (TPSA) is 46.2 Å². The van der Waals surface area contributed by atoms with Crippen LogP contribution in [0.4, 0.5) is 8.78 Å². The summed E-state index contributed by atoms with van der Waals surface area (Å²) >= 11 is 0. The normalized spacial score (nSPS) is 11.2. The fourth-order valence-electron chi connectivity index (χ4n) is 1.72. The molecule has 1 aromatic rings. The number of amides is 1. The van der Waals surface area contributed by atoms with Gasteiger partial charge in [0.15, 0.2) is 0 Å². The monoisotopic (exact) mass is 269 g/mol. The van der Waals surface area contributed by atoms with Gasteiger partial charge in [0.25, 0.3) is 0 Å². The zero-order valence-electron chi connectivity index (χ0n) is 11.2. The Morgan fingerprint density at radius 1 is 1.26 bits per heavy atom. The molecule has 5 heteroatoms. The van der Waals surface area contributed by atoms with Gasteiger partial charge in [0, 0.05) is 12.0 Å². The molecule has 0 saturated carbocycles. The Bertz CT molecular complexity index is 498. The Labute approximate surface area is 111 Å². The fraction of sp³-hybridized carbons (Fsp3) is 0.429. The average Bonchev–Trinajstić information content (AvgIpc) is 2.29. The summed E-state index contributed by atoms with van der Waals surface area (Å²) in [4.78, 5) is 22.2. The highest BCUT2D eigenvalue weighted by Gasteiger charge is 2.25. The number of ketones is 1. The van der Waals surface area contributed by atoms with E-state index in [9.17, 15) is 18.4 Å². The second-order valence-corrected chi connectivity index (χ2v) is 5.16. The van der Waals surface area contributed by atoms with E-state index in [0.717, 1.165) is 18.2 Å². The maximum atomic E-state index is 13.7. The third kappa shape index (κ3) is 4.43. The molecule has 0 bridgehead atoms. The van der Waals surface area contributed by atoms with Crippen LogP contribution in [0.2, 0.25) is 0 Å². The van der Waals surface area contributed by atoms with Crippen molar-refractivity contribution in [3.63, 3.8) is 0 Å². The van der Waals surface area contributed by atoms with Crippen molar-refractivity contribution in [2.24, 2.45) is 0 Å². The maximum Gasteiger partial charge on any atom is 0.227 e. The van der Waals surface area contributed by atoms with Crippen molar-refractivity contribution < 1.29 is 18.4 Å². The van der Waals surface area contributed by atoms with Gasteiger partial charge < -0.3 is 5.32 Å². The molecule has 0 spiro atoms. The SMILES string of the molecule is CC(=O)CC(=O)NCC(C)(C)c1cc(F)ccc1F. The van der Waals surface area contributed by atoms with Crippen LogP contribution in [0.5, 0.6) is 0 Å². The summed E-state index contributed by atoms with van der Waals surface area (Å²) in [5, 5.41) is 2.55. The Morgan fingerprint density at radius 2 is 1.89 bits per heavy atom. The van der Waals surface area contributed by atoms with Gasteiger partial charge in [-0.25, -0.2) is 8.78 Å². The highest BCUT2D eigenvalue weighted by Crippen LogP contribution is 2.25. The van der Waals surface area contributed by atoms with E-state index in [2.05, 4.69) is 5.32 Å². The Kier molecular flexibility index (Phi) is 4.75. The molecule has 0 fully saturated rings. The molecule has 0 radical (unpaired) electrons. The lowest BCUT2D eigenvalue weighted by atomic mass is 9.84. The number of nitrogens with one attached hydrogen (secondary N) is 1. The number of carbonyl (C=O) groups is 2. The highest BCUT2D eigenvalue weighted by atomic mass is 19.1. The molecule has 0 aliphatic rings. The van der Waals surface area contributed by atoms with Crippen molar-refractivity contribution in [2.75, 3.05) is 6.54 Å². The molecule has 0 atom stereocenters. The molecule has 104 valence electrons. The lowest BCUT2D eigenvalue weighted by molar-refractivity contribution is -0.127. The van der Waals surface area contributed by atoms with E-state index in [1.165, 1.54) is 6.92 Å². The Hall–Kier alpha value is -1.78. The van der Waals surface area contributed by atoms with Gasteiger partial charge in [-0.1, -0.05) is 13.8 Å². The average molecular weight is 269 g/mol. The predicted octanol–water partition coefficient (Wildman–Crippen LogP) is 2.34. The molecule has 19 heavy (non-hydrogen) atoms. The fourth-order valence-corrected chi connectivity index (χ4v) is 1.72. The summed E-state index contributed by atoms with van der Waals surface area (Å²) in [6.45, 7) is 4.83. The van der Waals surface area contributed by atoms with Crippen molar-refractivity contribution in [2.45, 2.75) is 32.6 Å². The number of benzene rings is 1. The number of hydrogen-bond acceptors (Lipinski definition) is 2. The van der Waals surface area contributed by atoms with Crippen LogP contribution in [0, 0.1) is 11.6 Å². The lowest BCUT2D eigenvalue weighted by Gasteiger charge is -2.26. The van der Waals surface area contributed by atoms with Gasteiger partial charge in [0.05, 0.1) is 6.42 Å². The molecule has 1 rings (SSSR count). The van der Waals surface area contributed by atoms with Crippen molar-refractivity contribution in [3.8, 4) is 0 Å². The Morgan fingerprint density at radius 3 is 2.47 bits per heavy atom. The third-order valence-electron chi connectivity index (χ3n) is 2.79. The van der Waals surface area contributed by atoms with Crippen molar-refractivity contribution in [1.82, 2.24) is 5.32 Å². The number of carbonyl (C=O) groups excluding carboxylic acids is 2. The molecular formula is C14H17F2NO2. The zero-order chi connectivity index (χ0) is 14.6. The molecule has 0 aromatic heterocycles. The van der Waals surface area contributed by atoms with Crippen molar-refractivity contribution in [1.29, 1.82) is 0 Å². The molecule has 0 unspecified atom stereocenters. The second-order valence-electron chi connectivity index (χ2n) is 5.16. The van der Waals surface area contributed by atoms with Crippen LogP contribution >= 0.6 is 0 Å². The van der Waals surface area contributed by atoms with E-state index >= 15 is 0 Å². The van der Waals surface area contributed by atoms with Crippen LogP contribution < -0.4 is 5.32 Å². The quantitative estimate of drug-likeness (QED) is 0.834. The molecule has 1 aromatic carbocycles. The predicted molar refractivity (Wildman–Crippen MR) is 67.7 cm³/mol. The number of rotatable bonds is 5. The molecule has 0 aliphatic heterocycles. The van der Waals surface area contributed by atoms with E-state index in [4.69, 9.17) is 0 Å². The maximum absolute atomic E-state index is 13.7. The van der Waals surface area contributed by atoms with E-state index in [0.29, 0.717) is 0 Å². The Balaban J connectivity index is 2.78. The first-order valence-electron chi connectivity index (χ1n) is 5.94. The van der Waals surface area contributed by atoms with Gasteiger partial charge in [-0.2, -0.15) is 0 Å². The minimum atomic E-state index is -0.765. The lowest BCUT2D eigenvalue weighted by Crippen LogP contribution is -2.37. The van der Waals surface area contributed by atoms with Gasteiger partial charge in [0.2, 0.25) is 5.91 Å². The molecule has 1 amide bonds. The summed E-state index contributed by atoms with van der Waals surface area (Å²) in [5.41, 5.74) is -0.575. The minimum Gasteiger partial charge on any atom is -0.355 e. The van der Waals surface area contributed by atoms with Gasteiger partial charge in [-0.05, 0) is 30.7 Å². The molecule has 3 nitrogen and oxygen atoms in total. The van der Waals surface area contributed by atoms with Crippen LogP contribution in [-0.2, 0) is 15.0 Å². The van der Waals surface area contributed by atoms with E-state index < -0.39 is 23.0 Å². The number of halogens is 2. The van der Waals surface area contributed by atoms with Crippen LogP contribution in [0.3, 0.4) is 0 Å². The summed E-state index contributed by atoms with van der Waals surface area (Å²) in [6.07, 6.45) is -0.207. The second kappa shape index (κ2) is 5.91. The van der Waals surface area contributed by atoms with E-state index in [-0.39, 0.29) is 24.3 Å². The number of hydrogen-bond donors (Lipinski definition) is 1. The minimum absolute atomic E-state index is 0.124. The molecule has 0 saturated heterocycles. The summed E-state index contributed by atoms with van der Waals surface area (Å²) in [6, 6.07) is 3.22. The van der Waals surface area contributed by atoms with E-state index in [1.807, 2.05) is 0 Å². The number of Topliss-reactive ketones (excluding diaryl/α,β-unsaturated/α-hetero) is 1. The third-order valence-corrected chi connectivity index (χ3v) is 2.79. The highest BCUT2D eigenvalue weighted by molar-refractivity contribution is 5.96. The molecule has 1 N–H and O–H groups in total. The molecular weight excluding hydrogens is 252 g/mol. The van der Waals surface area contributed by atoms with Crippen LogP contribution in [0.15, 0.2) is 18.2 Å². The van der Waals surface area contributed by atoms with Crippen molar-refractivity contribution >= 4 is 11.7 Å². The summed E-state index contributed by atoms with van der Waals surface area (Å²) in [5.74, 6) is -1.71. The smallest absolute Gasteiger partial charge is 0.227 e. The first-order valence-corrected chi connectivity index (χ1v) is 5.94.